The third kappa shape index (κ3) is 2.88. The molecule has 0 bridgehead atoms. The Kier molecular flexibility index (Phi) is 3.83. The number of thiazole rings is 1. The van der Waals surface area contributed by atoms with Crippen LogP contribution in [0.25, 0.3) is 11.3 Å². The third-order valence-corrected chi connectivity index (χ3v) is 5.31. The normalized spacial score (nSPS) is 13.2. The first-order valence-electron chi connectivity index (χ1n) is 7.82. The summed E-state index contributed by atoms with van der Waals surface area (Å²) in [5, 5.41) is 7.21. The molecular weight excluding hydrogens is 365 g/mol. The van der Waals surface area contributed by atoms with Crippen LogP contribution < -0.4 is 5.32 Å². The van der Waals surface area contributed by atoms with Gasteiger partial charge in [-0.3, -0.25) is 14.8 Å². The second-order valence-electron chi connectivity index (χ2n) is 5.95. The van der Waals surface area contributed by atoms with E-state index in [0.29, 0.717) is 5.13 Å². The number of fused-ring (bicyclic) bond motifs is 3. The fourth-order valence-electron chi connectivity index (χ4n) is 2.98. The molecule has 1 aromatic carbocycles. The molecule has 0 saturated carbocycles. The summed E-state index contributed by atoms with van der Waals surface area (Å²) in [6.07, 6.45) is -1.13. The lowest BCUT2D eigenvalue weighted by atomic mass is 10.0. The largest absolute Gasteiger partial charge is 0.416 e. The molecule has 0 radical (unpaired) electrons. The first-order valence-corrected chi connectivity index (χ1v) is 8.64. The third-order valence-electron chi connectivity index (χ3n) is 4.28. The summed E-state index contributed by atoms with van der Waals surface area (Å²) in [6, 6.07) is 4.33. The Morgan fingerprint density at radius 1 is 1.31 bits per heavy atom. The summed E-state index contributed by atoms with van der Waals surface area (Å²) in [6.45, 7) is 0. The lowest BCUT2D eigenvalue weighted by Crippen LogP contribution is -2.13. The summed E-state index contributed by atoms with van der Waals surface area (Å²) in [7, 11) is 1.87. The van der Waals surface area contributed by atoms with Crippen LogP contribution in [0.2, 0.25) is 0 Å². The number of hydrogen-bond acceptors (Lipinski definition) is 4. The molecule has 5 nitrogen and oxygen atoms in total. The van der Waals surface area contributed by atoms with Crippen molar-refractivity contribution >= 4 is 22.4 Å². The number of anilines is 1. The molecule has 2 heterocycles. The molecule has 26 heavy (non-hydrogen) atoms. The van der Waals surface area contributed by atoms with Crippen LogP contribution in [0.4, 0.5) is 18.3 Å². The molecule has 0 spiro atoms. The standard InChI is InChI=1S/C17H13F3N4OS/c1-24-12-5-6-13-14(11(12)8-21-24)22-16(26-13)23-15(25)9-3-2-4-10(7-9)17(18,19)20/h2-4,7-8H,5-6H2,1H3,(H,22,23,25). The fourth-order valence-corrected chi connectivity index (χ4v) is 3.95. The van der Waals surface area contributed by atoms with Crippen molar-refractivity contribution in [3.63, 3.8) is 0 Å². The number of carbonyl (C=O) groups is 1. The van der Waals surface area contributed by atoms with E-state index in [1.807, 2.05) is 7.05 Å². The minimum absolute atomic E-state index is 0.0601. The van der Waals surface area contributed by atoms with Gasteiger partial charge in [0.2, 0.25) is 0 Å². The zero-order chi connectivity index (χ0) is 18.5. The Hall–Kier alpha value is -2.68. The van der Waals surface area contributed by atoms with Crippen LogP contribution in [-0.4, -0.2) is 20.7 Å². The molecule has 0 unspecified atom stereocenters. The number of amides is 1. The average Bonchev–Trinajstić information content (AvgIpc) is 3.17. The van der Waals surface area contributed by atoms with Crippen molar-refractivity contribution in [3.8, 4) is 11.3 Å². The molecule has 0 saturated heterocycles. The number of rotatable bonds is 2. The van der Waals surface area contributed by atoms with Crippen LogP contribution in [0.5, 0.6) is 0 Å². The predicted molar refractivity (Wildman–Crippen MR) is 91.1 cm³/mol. The van der Waals surface area contributed by atoms with Gasteiger partial charge in [-0.25, -0.2) is 4.98 Å². The smallest absolute Gasteiger partial charge is 0.298 e. The number of halogens is 3. The van der Waals surface area contributed by atoms with Gasteiger partial charge in [0.05, 0.1) is 17.5 Å². The minimum Gasteiger partial charge on any atom is -0.298 e. The summed E-state index contributed by atoms with van der Waals surface area (Å²) >= 11 is 1.34. The van der Waals surface area contributed by atoms with Crippen molar-refractivity contribution in [2.24, 2.45) is 7.05 Å². The highest BCUT2D eigenvalue weighted by Crippen LogP contribution is 2.38. The SMILES string of the molecule is Cn1ncc2c1CCc1sc(NC(=O)c3cccc(C(F)(F)F)c3)nc1-2. The van der Waals surface area contributed by atoms with Gasteiger partial charge in [0.25, 0.3) is 5.91 Å². The summed E-state index contributed by atoms with van der Waals surface area (Å²) < 4.78 is 40.2. The number of benzene rings is 1. The zero-order valence-electron chi connectivity index (χ0n) is 13.6. The molecule has 3 aromatic rings. The summed E-state index contributed by atoms with van der Waals surface area (Å²) in [5.41, 5.74) is 1.88. The monoisotopic (exact) mass is 378 g/mol. The molecule has 0 fully saturated rings. The van der Waals surface area contributed by atoms with E-state index in [2.05, 4.69) is 15.4 Å². The number of aryl methyl sites for hydroxylation is 2. The molecule has 9 heteroatoms. The number of nitrogens with zero attached hydrogens (tertiary/aromatic N) is 3. The van der Waals surface area contributed by atoms with Gasteiger partial charge in [-0.15, -0.1) is 11.3 Å². The lowest BCUT2D eigenvalue weighted by molar-refractivity contribution is -0.137. The van der Waals surface area contributed by atoms with Crippen LogP contribution in [0, 0.1) is 0 Å². The zero-order valence-corrected chi connectivity index (χ0v) is 14.4. The first-order chi connectivity index (χ1) is 12.3. The Morgan fingerprint density at radius 3 is 2.88 bits per heavy atom. The van der Waals surface area contributed by atoms with E-state index in [9.17, 15) is 18.0 Å². The van der Waals surface area contributed by atoms with Gasteiger partial charge < -0.3 is 0 Å². The molecule has 1 aliphatic carbocycles. The van der Waals surface area contributed by atoms with E-state index in [4.69, 9.17) is 0 Å². The Balaban J connectivity index is 1.60. The van der Waals surface area contributed by atoms with Crippen molar-refractivity contribution in [1.29, 1.82) is 0 Å². The van der Waals surface area contributed by atoms with E-state index >= 15 is 0 Å². The Morgan fingerprint density at radius 2 is 2.12 bits per heavy atom. The summed E-state index contributed by atoms with van der Waals surface area (Å²) in [5.74, 6) is -0.617. The molecule has 1 N–H and O–H groups in total. The molecular formula is C17H13F3N4OS. The maximum Gasteiger partial charge on any atom is 0.416 e. The second kappa shape index (κ2) is 5.94. The van der Waals surface area contributed by atoms with E-state index in [-0.39, 0.29) is 5.56 Å². The predicted octanol–water partition coefficient (Wildman–Crippen LogP) is 3.91. The maximum atomic E-state index is 12.8. The maximum absolute atomic E-state index is 12.8. The van der Waals surface area contributed by atoms with E-state index in [1.165, 1.54) is 23.5 Å². The van der Waals surface area contributed by atoms with Gasteiger partial charge in [0.15, 0.2) is 5.13 Å². The van der Waals surface area contributed by atoms with Crippen molar-refractivity contribution in [2.75, 3.05) is 5.32 Å². The molecule has 1 amide bonds. The molecule has 0 aliphatic heterocycles. The summed E-state index contributed by atoms with van der Waals surface area (Å²) in [4.78, 5) is 17.8. The van der Waals surface area contributed by atoms with Crippen molar-refractivity contribution < 1.29 is 18.0 Å². The van der Waals surface area contributed by atoms with Crippen LogP contribution >= 0.6 is 11.3 Å². The topological polar surface area (TPSA) is 59.8 Å². The molecule has 2 aromatic heterocycles. The van der Waals surface area contributed by atoms with E-state index in [0.717, 1.165) is 46.8 Å². The second-order valence-corrected chi connectivity index (χ2v) is 7.04. The van der Waals surface area contributed by atoms with Crippen LogP contribution in [0.15, 0.2) is 30.5 Å². The van der Waals surface area contributed by atoms with Crippen LogP contribution in [-0.2, 0) is 26.1 Å². The van der Waals surface area contributed by atoms with Gasteiger partial charge in [-0.2, -0.15) is 18.3 Å². The molecule has 0 atom stereocenters. The van der Waals surface area contributed by atoms with Crippen LogP contribution in [0.1, 0.15) is 26.5 Å². The van der Waals surface area contributed by atoms with Gasteiger partial charge in [-0.1, -0.05) is 6.07 Å². The Bertz CT molecular complexity index is 1010. The quantitative estimate of drug-likeness (QED) is 0.735. The van der Waals surface area contributed by atoms with Gasteiger partial charge in [0.1, 0.15) is 0 Å². The highest BCUT2D eigenvalue weighted by atomic mass is 32.1. The fraction of sp³-hybridized carbons (Fsp3) is 0.235. The lowest BCUT2D eigenvalue weighted by Gasteiger charge is -2.10. The average molecular weight is 378 g/mol. The van der Waals surface area contributed by atoms with Gasteiger partial charge in [0, 0.05) is 28.7 Å². The Labute approximate surface area is 150 Å². The number of alkyl halides is 3. The number of hydrogen-bond donors (Lipinski definition) is 1. The van der Waals surface area contributed by atoms with Crippen molar-refractivity contribution in [3.05, 3.63) is 52.2 Å². The highest BCUT2D eigenvalue weighted by molar-refractivity contribution is 7.16. The molecule has 4 rings (SSSR count). The number of carbonyl (C=O) groups excluding carboxylic acids is 1. The minimum atomic E-state index is -4.49. The van der Waals surface area contributed by atoms with E-state index in [1.54, 1.807) is 10.9 Å². The van der Waals surface area contributed by atoms with Crippen molar-refractivity contribution in [1.82, 2.24) is 14.8 Å². The van der Waals surface area contributed by atoms with E-state index < -0.39 is 17.6 Å². The number of aromatic nitrogens is 3. The molecule has 134 valence electrons. The first kappa shape index (κ1) is 16.8. The molecule has 1 aliphatic rings. The van der Waals surface area contributed by atoms with Crippen molar-refractivity contribution in [2.45, 2.75) is 19.0 Å². The van der Waals surface area contributed by atoms with Crippen LogP contribution in [0.3, 0.4) is 0 Å². The van der Waals surface area contributed by atoms with Gasteiger partial charge >= 0.3 is 6.18 Å². The highest BCUT2D eigenvalue weighted by Gasteiger charge is 2.31. The number of nitrogens with one attached hydrogen (secondary N) is 1. The van der Waals surface area contributed by atoms with Gasteiger partial charge in [-0.05, 0) is 31.0 Å².